The highest BCUT2D eigenvalue weighted by Crippen LogP contribution is 2.18. The second-order valence-corrected chi connectivity index (χ2v) is 4.22. The monoisotopic (exact) mass is 249 g/mol. The molecule has 96 valence electrons. The van der Waals surface area contributed by atoms with Crippen LogP contribution in [0.5, 0.6) is 0 Å². The SMILES string of the molecule is O=C(O)C1CCCCN1C(=O)Nc1cccnc1. The second kappa shape index (κ2) is 5.48. The number of carbonyl (C=O) groups excluding carboxylic acids is 1. The molecule has 1 aliphatic rings. The second-order valence-electron chi connectivity index (χ2n) is 4.22. The Morgan fingerprint density at radius 2 is 2.28 bits per heavy atom. The molecule has 0 spiro atoms. The predicted molar refractivity (Wildman–Crippen MR) is 65.2 cm³/mol. The number of hydrogen-bond acceptors (Lipinski definition) is 3. The molecule has 2 N–H and O–H groups in total. The van der Waals surface area contributed by atoms with Gasteiger partial charge in [0.2, 0.25) is 0 Å². The van der Waals surface area contributed by atoms with Crippen LogP contribution in [0.3, 0.4) is 0 Å². The van der Waals surface area contributed by atoms with Gasteiger partial charge in [-0.15, -0.1) is 0 Å². The molecular formula is C12H15N3O3. The molecule has 18 heavy (non-hydrogen) atoms. The van der Waals surface area contributed by atoms with E-state index in [9.17, 15) is 9.59 Å². The van der Waals surface area contributed by atoms with Crippen molar-refractivity contribution in [2.75, 3.05) is 11.9 Å². The summed E-state index contributed by atoms with van der Waals surface area (Å²) in [6.45, 7) is 0.475. The van der Waals surface area contributed by atoms with E-state index in [1.165, 1.54) is 11.1 Å². The summed E-state index contributed by atoms with van der Waals surface area (Å²) in [5, 5.41) is 11.7. The molecular weight excluding hydrogens is 234 g/mol. The molecule has 1 atom stereocenters. The highest BCUT2D eigenvalue weighted by Gasteiger charge is 2.31. The Morgan fingerprint density at radius 1 is 1.44 bits per heavy atom. The lowest BCUT2D eigenvalue weighted by atomic mass is 10.0. The highest BCUT2D eigenvalue weighted by atomic mass is 16.4. The maximum absolute atomic E-state index is 12.0. The number of amides is 2. The van der Waals surface area contributed by atoms with Crippen LogP contribution in [-0.4, -0.2) is 39.6 Å². The lowest BCUT2D eigenvalue weighted by Crippen LogP contribution is -2.49. The number of piperidine rings is 1. The topological polar surface area (TPSA) is 82.5 Å². The first-order valence-corrected chi connectivity index (χ1v) is 5.89. The Morgan fingerprint density at radius 3 is 2.94 bits per heavy atom. The fraction of sp³-hybridized carbons (Fsp3) is 0.417. The number of nitrogens with one attached hydrogen (secondary N) is 1. The molecule has 2 amide bonds. The molecule has 0 bridgehead atoms. The lowest BCUT2D eigenvalue weighted by Gasteiger charge is -2.32. The Hall–Kier alpha value is -2.11. The summed E-state index contributed by atoms with van der Waals surface area (Å²) in [4.78, 5) is 28.4. The molecule has 1 aromatic heterocycles. The highest BCUT2D eigenvalue weighted by molar-refractivity contribution is 5.92. The Labute approximate surface area is 105 Å². The molecule has 2 rings (SSSR count). The van der Waals surface area contributed by atoms with E-state index in [1.807, 2.05) is 0 Å². The van der Waals surface area contributed by atoms with Gasteiger partial charge in [0.05, 0.1) is 11.9 Å². The number of carboxylic acid groups (broad SMARTS) is 1. The summed E-state index contributed by atoms with van der Waals surface area (Å²) in [6, 6.07) is 2.32. The van der Waals surface area contributed by atoms with Gasteiger partial charge in [-0.1, -0.05) is 0 Å². The normalized spacial score (nSPS) is 19.3. The van der Waals surface area contributed by atoms with Gasteiger partial charge in [0.15, 0.2) is 0 Å². The quantitative estimate of drug-likeness (QED) is 0.833. The van der Waals surface area contributed by atoms with E-state index in [1.54, 1.807) is 18.3 Å². The van der Waals surface area contributed by atoms with Crippen molar-refractivity contribution in [3.8, 4) is 0 Å². The summed E-state index contributed by atoms with van der Waals surface area (Å²) in [5.41, 5.74) is 0.567. The smallest absolute Gasteiger partial charge is 0.326 e. The number of nitrogens with zero attached hydrogens (tertiary/aromatic N) is 2. The van der Waals surface area contributed by atoms with Gasteiger partial charge in [-0.05, 0) is 31.4 Å². The van der Waals surface area contributed by atoms with Crippen LogP contribution in [0.1, 0.15) is 19.3 Å². The van der Waals surface area contributed by atoms with Crippen LogP contribution in [-0.2, 0) is 4.79 Å². The van der Waals surface area contributed by atoms with Crippen LogP contribution < -0.4 is 5.32 Å². The van der Waals surface area contributed by atoms with Crippen molar-refractivity contribution < 1.29 is 14.7 Å². The number of hydrogen-bond donors (Lipinski definition) is 2. The Balaban J connectivity index is 2.05. The van der Waals surface area contributed by atoms with E-state index in [4.69, 9.17) is 5.11 Å². The standard InChI is InChI=1S/C12H15N3O3/c16-11(17)10-5-1-2-7-15(10)12(18)14-9-4-3-6-13-8-9/h3-4,6,8,10H,1-2,5,7H2,(H,14,18)(H,16,17). The molecule has 0 aromatic carbocycles. The van der Waals surface area contributed by atoms with Gasteiger partial charge in [0.1, 0.15) is 6.04 Å². The van der Waals surface area contributed by atoms with Crippen molar-refractivity contribution in [2.45, 2.75) is 25.3 Å². The predicted octanol–water partition coefficient (Wildman–Crippen LogP) is 1.55. The summed E-state index contributed by atoms with van der Waals surface area (Å²) >= 11 is 0. The first-order valence-electron chi connectivity index (χ1n) is 5.89. The summed E-state index contributed by atoms with van der Waals surface area (Å²) in [5.74, 6) is -0.948. The van der Waals surface area contributed by atoms with Crippen LogP contribution in [0.25, 0.3) is 0 Å². The number of aliphatic carboxylic acids is 1. The van der Waals surface area contributed by atoms with E-state index in [0.29, 0.717) is 18.7 Å². The van der Waals surface area contributed by atoms with Crippen molar-refractivity contribution in [3.05, 3.63) is 24.5 Å². The molecule has 6 heteroatoms. The third-order valence-electron chi connectivity index (χ3n) is 2.96. The van der Waals surface area contributed by atoms with Gasteiger partial charge in [-0.2, -0.15) is 0 Å². The molecule has 2 heterocycles. The first kappa shape index (κ1) is 12.3. The van der Waals surface area contributed by atoms with E-state index < -0.39 is 12.0 Å². The molecule has 0 aliphatic carbocycles. The summed E-state index contributed by atoms with van der Waals surface area (Å²) in [6.07, 6.45) is 5.32. The van der Waals surface area contributed by atoms with Crippen molar-refractivity contribution in [1.82, 2.24) is 9.88 Å². The van der Waals surface area contributed by atoms with Crippen LogP contribution in [0, 0.1) is 0 Å². The number of urea groups is 1. The molecule has 0 saturated carbocycles. The zero-order valence-electron chi connectivity index (χ0n) is 9.87. The minimum Gasteiger partial charge on any atom is -0.480 e. The fourth-order valence-electron chi connectivity index (χ4n) is 2.06. The molecule has 1 unspecified atom stereocenters. The number of anilines is 1. The third-order valence-corrected chi connectivity index (χ3v) is 2.96. The maximum atomic E-state index is 12.0. The van der Waals surface area contributed by atoms with Crippen molar-refractivity contribution in [3.63, 3.8) is 0 Å². The van der Waals surface area contributed by atoms with Gasteiger partial charge in [-0.3, -0.25) is 4.98 Å². The Bertz CT molecular complexity index is 435. The number of aromatic nitrogens is 1. The Kier molecular flexibility index (Phi) is 3.76. The molecule has 1 fully saturated rings. The van der Waals surface area contributed by atoms with Crippen LogP contribution >= 0.6 is 0 Å². The maximum Gasteiger partial charge on any atom is 0.326 e. The largest absolute Gasteiger partial charge is 0.480 e. The van der Waals surface area contributed by atoms with E-state index >= 15 is 0 Å². The van der Waals surface area contributed by atoms with Crippen molar-refractivity contribution in [1.29, 1.82) is 0 Å². The van der Waals surface area contributed by atoms with E-state index in [-0.39, 0.29) is 6.03 Å². The van der Waals surface area contributed by atoms with Crippen molar-refractivity contribution >= 4 is 17.7 Å². The van der Waals surface area contributed by atoms with Crippen LogP contribution in [0.2, 0.25) is 0 Å². The minimum atomic E-state index is -0.948. The number of carboxylic acids is 1. The molecule has 0 radical (unpaired) electrons. The first-order chi connectivity index (χ1) is 8.68. The van der Waals surface area contributed by atoms with E-state index in [0.717, 1.165) is 12.8 Å². The summed E-state index contributed by atoms with van der Waals surface area (Å²) in [7, 11) is 0. The van der Waals surface area contributed by atoms with Gasteiger partial charge < -0.3 is 15.3 Å². The molecule has 1 aliphatic heterocycles. The van der Waals surface area contributed by atoms with E-state index in [2.05, 4.69) is 10.3 Å². The average Bonchev–Trinajstić information content (AvgIpc) is 2.40. The number of rotatable bonds is 2. The third kappa shape index (κ3) is 2.77. The minimum absolute atomic E-state index is 0.380. The van der Waals surface area contributed by atoms with Crippen LogP contribution in [0.15, 0.2) is 24.5 Å². The summed E-state index contributed by atoms with van der Waals surface area (Å²) < 4.78 is 0. The van der Waals surface area contributed by atoms with Gasteiger partial charge in [0, 0.05) is 12.7 Å². The molecule has 1 saturated heterocycles. The fourth-order valence-corrected chi connectivity index (χ4v) is 2.06. The van der Waals surface area contributed by atoms with Crippen molar-refractivity contribution in [2.24, 2.45) is 0 Å². The van der Waals surface area contributed by atoms with Crippen LogP contribution in [0.4, 0.5) is 10.5 Å². The van der Waals surface area contributed by atoms with Gasteiger partial charge in [-0.25, -0.2) is 9.59 Å². The molecule has 1 aromatic rings. The zero-order chi connectivity index (χ0) is 13.0. The lowest BCUT2D eigenvalue weighted by molar-refractivity contribution is -0.143. The number of carbonyl (C=O) groups is 2. The zero-order valence-corrected chi connectivity index (χ0v) is 9.87. The molecule has 6 nitrogen and oxygen atoms in total. The van der Waals surface area contributed by atoms with Gasteiger partial charge >= 0.3 is 12.0 Å². The number of likely N-dealkylation sites (tertiary alicyclic amines) is 1. The number of pyridine rings is 1. The average molecular weight is 249 g/mol. The van der Waals surface area contributed by atoms with Gasteiger partial charge in [0.25, 0.3) is 0 Å².